The van der Waals surface area contributed by atoms with Crippen molar-refractivity contribution in [1.82, 2.24) is 0 Å². The van der Waals surface area contributed by atoms with Crippen LogP contribution in [-0.2, 0) is 9.59 Å². The molecule has 1 aliphatic rings. The van der Waals surface area contributed by atoms with E-state index in [4.69, 9.17) is 0 Å². The quantitative estimate of drug-likeness (QED) is 0.777. The second-order valence-corrected chi connectivity index (χ2v) is 6.47. The summed E-state index contributed by atoms with van der Waals surface area (Å²) in [4.78, 5) is 36.5. The van der Waals surface area contributed by atoms with Crippen molar-refractivity contribution in [1.29, 1.82) is 0 Å². The zero-order valence-electron chi connectivity index (χ0n) is 14.9. The summed E-state index contributed by atoms with van der Waals surface area (Å²) in [6, 6.07) is 11.7. The lowest BCUT2D eigenvalue weighted by atomic mass is 9.82. The monoisotopic (exact) mass is 381 g/mol. The number of hydrogen-bond donors (Lipinski definition) is 2. The topological polar surface area (TPSA) is 98.3 Å². The van der Waals surface area contributed by atoms with Gasteiger partial charge in [-0.15, -0.1) is 0 Å². The minimum absolute atomic E-state index is 0.205. The predicted molar refractivity (Wildman–Crippen MR) is 99.8 cm³/mol. The van der Waals surface area contributed by atoms with Crippen molar-refractivity contribution in [2.45, 2.75) is 12.8 Å². The van der Waals surface area contributed by atoms with Gasteiger partial charge in [0.2, 0.25) is 5.91 Å². The molecule has 3 rings (SSSR count). The molecule has 28 heavy (non-hydrogen) atoms. The number of carboxylic acids is 1. The minimum Gasteiger partial charge on any atom is -0.550 e. The molecule has 2 aromatic carbocycles. The van der Waals surface area contributed by atoms with Gasteiger partial charge in [0.15, 0.2) is 0 Å². The first-order valence-corrected chi connectivity index (χ1v) is 8.78. The third-order valence-corrected chi connectivity index (χ3v) is 4.60. The Hall–Kier alpha value is -3.48. The first kappa shape index (κ1) is 19.3. The van der Waals surface area contributed by atoms with Crippen LogP contribution >= 0.6 is 0 Å². The first-order valence-electron chi connectivity index (χ1n) is 8.78. The number of hydrogen-bond acceptors (Lipinski definition) is 4. The molecule has 0 aromatic heterocycles. The second kappa shape index (κ2) is 8.47. The van der Waals surface area contributed by atoms with Crippen molar-refractivity contribution < 1.29 is 23.9 Å². The average molecular weight is 381 g/mol. The molecule has 7 heteroatoms. The normalized spacial score (nSPS) is 18.3. The molecule has 0 fully saturated rings. The average Bonchev–Trinajstić information content (AvgIpc) is 2.70. The maximum Gasteiger partial charge on any atom is 0.257 e. The van der Waals surface area contributed by atoms with E-state index in [2.05, 4.69) is 10.6 Å². The molecule has 0 radical (unpaired) electrons. The molecule has 0 heterocycles. The largest absolute Gasteiger partial charge is 0.550 e. The van der Waals surface area contributed by atoms with Gasteiger partial charge in [-0.1, -0.05) is 24.3 Å². The second-order valence-electron chi connectivity index (χ2n) is 6.47. The molecule has 2 aromatic rings. The van der Waals surface area contributed by atoms with Crippen LogP contribution in [0.1, 0.15) is 23.2 Å². The highest BCUT2D eigenvalue weighted by atomic mass is 19.1. The van der Waals surface area contributed by atoms with Gasteiger partial charge in [-0.25, -0.2) is 4.39 Å². The van der Waals surface area contributed by atoms with E-state index in [9.17, 15) is 23.9 Å². The third-order valence-electron chi connectivity index (χ3n) is 4.60. The van der Waals surface area contributed by atoms with E-state index in [1.165, 1.54) is 30.3 Å². The van der Waals surface area contributed by atoms with Gasteiger partial charge in [-0.2, -0.15) is 0 Å². The van der Waals surface area contributed by atoms with Crippen LogP contribution in [0.5, 0.6) is 0 Å². The van der Waals surface area contributed by atoms with Crippen LogP contribution in [0.3, 0.4) is 0 Å². The number of para-hydroxylation sites is 1. The molecule has 0 saturated carbocycles. The maximum absolute atomic E-state index is 13.0. The Kier molecular flexibility index (Phi) is 5.84. The Bertz CT molecular complexity index is 924. The summed E-state index contributed by atoms with van der Waals surface area (Å²) >= 11 is 0. The van der Waals surface area contributed by atoms with E-state index in [0.29, 0.717) is 5.69 Å². The fourth-order valence-corrected chi connectivity index (χ4v) is 3.11. The van der Waals surface area contributed by atoms with E-state index in [0.717, 1.165) is 0 Å². The molecule has 0 unspecified atom stereocenters. The highest BCUT2D eigenvalue weighted by Gasteiger charge is 2.30. The van der Waals surface area contributed by atoms with Crippen LogP contribution in [0.15, 0.2) is 60.7 Å². The SMILES string of the molecule is O=C(Nc1ccc(F)cc1)c1ccccc1NC(=O)[C@H]1CC=CC[C@H]1C(=O)[O-]. The van der Waals surface area contributed by atoms with Crippen molar-refractivity contribution in [3.05, 3.63) is 72.1 Å². The molecule has 1 aliphatic carbocycles. The number of carbonyl (C=O) groups is 3. The van der Waals surface area contributed by atoms with Gasteiger partial charge in [-0.05, 0) is 49.2 Å². The molecule has 0 aliphatic heterocycles. The highest BCUT2D eigenvalue weighted by Crippen LogP contribution is 2.27. The van der Waals surface area contributed by atoms with Gasteiger partial charge < -0.3 is 20.5 Å². The maximum atomic E-state index is 13.0. The smallest absolute Gasteiger partial charge is 0.257 e. The van der Waals surface area contributed by atoms with Crippen LogP contribution in [-0.4, -0.2) is 17.8 Å². The predicted octanol–water partition coefficient (Wildman–Crippen LogP) is 2.35. The Morgan fingerprint density at radius 1 is 0.893 bits per heavy atom. The number of carbonyl (C=O) groups excluding carboxylic acids is 3. The van der Waals surface area contributed by atoms with Gasteiger partial charge in [0, 0.05) is 17.6 Å². The highest BCUT2D eigenvalue weighted by molar-refractivity contribution is 6.10. The minimum atomic E-state index is -1.27. The summed E-state index contributed by atoms with van der Waals surface area (Å²) in [7, 11) is 0. The van der Waals surface area contributed by atoms with E-state index in [1.54, 1.807) is 30.4 Å². The summed E-state index contributed by atoms with van der Waals surface area (Å²) in [6.45, 7) is 0. The van der Waals surface area contributed by atoms with Gasteiger partial charge in [0.05, 0.1) is 17.2 Å². The van der Waals surface area contributed by atoms with E-state index in [1.807, 2.05) is 0 Å². The van der Waals surface area contributed by atoms with E-state index in [-0.39, 0.29) is 24.1 Å². The Balaban J connectivity index is 1.77. The lowest BCUT2D eigenvalue weighted by Crippen LogP contribution is -2.41. The number of halogens is 1. The fraction of sp³-hybridized carbons (Fsp3) is 0.190. The van der Waals surface area contributed by atoms with Crippen LogP contribution in [0.2, 0.25) is 0 Å². The number of allylic oxidation sites excluding steroid dienone is 2. The molecule has 2 amide bonds. The summed E-state index contributed by atoms with van der Waals surface area (Å²) in [6.07, 6.45) is 3.99. The standard InChI is InChI=1S/C21H19FN2O4/c22-13-9-11-14(12-10-13)23-20(26)17-7-3-4-8-18(17)24-19(25)15-5-1-2-6-16(15)21(27)28/h1-4,7-12,15-16H,5-6H2,(H,23,26)(H,24,25)(H,27,28)/p-1/t15-,16+/m0/s1. The summed E-state index contributed by atoms with van der Waals surface area (Å²) < 4.78 is 13.0. The summed E-state index contributed by atoms with van der Waals surface area (Å²) in [5, 5.41) is 16.6. The molecule has 0 saturated heterocycles. The number of nitrogens with one attached hydrogen (secondary N) is 2. The number of benzene rings is 2. The lowest BCUT2D eigenvalue weighted by Gasteiger charge is -2.28. The van der Waals surface area contributed by atoms with E-state index >= 15 is 0 Å². The molecular weight excluding hydrogens is 363 g/mol. The van der Waals surface area contributed by atoms with Crippen molar-refractivity contribution in [3.8, 4) is 0 Å². The number of carboxylic acid groups (broad SMARTS) is 1. The van der Waals surface area contributed by atoms with E-state index < -0.39 is 35.4 Å². The van der Waals surface area contributed by atoms with Gasteiger partial charge in [0.25, 0.3) is 5.91 Å². The first-order chi connectivity index (χ1) is 13.5. The fourth-order valence-electron chi connectivity index (χ4n) is 3.11. The van der Waals surface area contributed by atoms with Crippen LogP contribution in [0.4, 0.5) is 15.8 Å². The number of anilines is 2. The van der Waals surface area contributed by atoms with Crippen molar-refractivity contribution in [2.24, 2.45) is 11.8 Å². The summed E-state index contributed by atoms with van der Waals surface area (Å²) in [5.74, 6) is -4.35. The zero-order valence-corrected chi connectivity index (χ0v) is 14.9. The number of rotatable bonds is 5. The van der Waals surface area contributed by atoms with Gasteiger partial charge >= 0.3 is 0 Å². The molecule has 0 bridgehead atoms. The number of aliphatic carboxylic acids is 1. The molecule has 6 nitrogen and oxygen atoms in total. The zero-order chi connectivity index (χ0) is 20.1. The van der Waals surface area contributed by atoms with Crippen LogP contribution < -0.4 is 15.7 Å². The van der Waals surface area contributed by atoms with Gasteiger partial charge in [-0.3, -0.25) is 9.59 Å². The third kappa shape index (κ3) is 4.43. The molecule has 0 spiro atoms. The lowest BCUT2D eigenvalue weighted by molar-refractivity contribution is -0.313. The van der Waals surface area contributed by atoms with Crippen LogP contribution in [0.25, 0.3) is 0 Å². The van der Waals surface area contributed by atoms with Crippen molar-refractivity contribution in [3.63, 3.8) is 0 Å². The number of amides is 2. The van der Waals surface area contributed by atoms with Crippen molar-refractivity contribution in [2.75, 3.05) is 10.6 Å². The Morgan fingerprint density at radius 2 is 1.54 bits per heavy atom. The molecular formula is C21H18FN2O4-. The van der Waals surface area contributed by atoms with Crippen LogP contribution in [0, 0.1) is 17.7 Å². The van der Waals surface area contributed by atoms with Crippen molar-refractivity contribution >= 4 is 29.2 Å². The summed E-state index contributed by atoms with van der Waals surface area (Å²) in [5.41, 5.74) is 0.872. The Morgan fingerprint density at radius 3 is 2.21 bits per heavy atom. The van der Waals surface area contributed by atoms with Gasteiger partial charge in [0.1, 0.15) is 5.82 Å². The molecule has 2 atom stereocenters. The Labute approximate surface area is 161 Å². The molecule has 144 valence electrons. The molecule has 2 N–H and O–H groups in total.